The third-order valence-corrected chi connectivity index (χ3v) is 3.49. The van der Waals surface area contributed by atoms with Gasteiger partial charge < -0.3 is 0 Å². The van der Waals surface area contributed by atoms with E-state index in [1.165, 1.54) is 4.57 Å². The molecule has 0 aromatic carbocycles. The lowest BCUT2D eigenvalue weighted by atomic mass is 9.92. The van der Waals surface area contributed by atoms with Crippen LogP contribution in [0.3, 0.4) is 0 Å². The average molecular weight is 364 g/mol. The fourth-order valence-electron chi connectivity index (χ4n) is 1.66. The molecule has 1 rings (SSSR count). The quantitative estimate of drug-likeness (QED) is 0.771. The Hall–Kier alpha value is -0.590. The molecule has 1 aromatic rings. The maximum atomic E-state index is 12.2. The van der Waals surface area contributed by atoms with Gasteiger partial charge >= 0.3 is 5.69 Å². The monoisotopic (exact) mass is 364 g/mol. The van der Waals surface area contributed by atoms with Crippen molar-refractivity contribution in [1.82, 2.24) is 9.13 Å². The summed E-state index contributed by atoms with van der Waals surface area (Å²) in [5, 5.41) is 0. The van der Waals surface area contributed by atoms with Crippen LogP contribution in [0.5, 0.6) is 0 Å². The highest BCUT2D eigenvalue weighted by atomic mass is 127. The summed E-state index contributed by atoms with van der Waals surface area (Å²) in [4.78, 5) is 24.2. The second kappa shape index (κ2) is 6.04. The zero-order valence-electron chi connectivity index (χ0n) is 11.5. The Labute approximate surface area is 121 Å². The molecule has 0 saturated carbocycles. The third-order valence-electron chi connectivity index (χ3n) is 2.75. The Morgan fingerprint density at radius 2 is 1.83 bits per heavy atom. The molecule has 0 atom stereocenters. The molecule has 0 aliphatic rings. The van der Waals surface area contributed by atoms with Gasteiger partial charge in [-0.25, -0.2) is 4.79 Å². The van der Waals surface area contributed by atoms with Crippen LogP contribution in [0.1, 0.15) is 40.5 Å². The summed E-state index contributed by atoms with van der Waals surface area (Å²) < 4.78 is 3.60. The van der Waals surface area contributed by atoms with Crippen molar-refractivity contribution in [3.63, 3.8) is 0 Å². The van der Waals surface area contributed by atoms with E-state index in [-0.39, 0.29) is 16.7 Å². The maximum absolute atomic E-state index is 12.2. The van der Waals surface area contributed by atoms with Gasteiger partial charge in [-0.1, -0.05) is 27.7 Å². The molecule has 0 N–H and O–H groups in total. The summed E-state index contributed by atoms with van der Waals surface area (Å²) in [6.45, 7) is 9.49. The molecule has 1 aromatic heterocycles. The van der Waals surface area contributed by atoms with Crippen LogP contribution >= 0.6 is 22.6 Å². The van der Waals surface area contributed by atoms with Crippen molar-refractivity contribution >= 4 is 22.6 Å². The molecule has 0 aliphatic heterocycles. The van der Waals surface area contributed by atoms with Crippen LogP contribution in [0.15, 0.2) is 15.8 Å². The van der Waals surface area contributed by atoms with E-state index in [1.807, 2.05) is 29.5 Å². The highest BCUT2D eigenvalue weighted by Crippen LogP contribution is 2.18. The fourth-order valence-corrected chi connectivity index (χ4v) is 2.29. The molecule has 4 nitrogen and oxygen atoms in total. The highest BCUT2D eigenvalue weighted by Gasteiger charge is 2.14. The molecule has 0 saturated heterocycles. The van der Waals surface area contributed by atoms with Gasteiger partial charge in [-0.3, -0.25) is 13.9 Å². The van der Waals surface area contributed by atoms with E-state index in [0.29, 0.717) is 16.7 Å². The first-order valence-electron chi connectivity index (χ1n) is 6.26. The maximum Gasteiger partial charge on any atom is 0.331 e. The van der Waals surface area contributed by atoms with Crippen molar-refractivity contribution in [2.24, 2.45) is 5.41 Å². The fraction of sp³-hybridized carbons (Fsp3) is 0.692. The number of rotatable bonds is 4. The molecule has 0 aliphatic carbocycles. The van der Waals surface area contributed by atoms with Gasteiger partial charge in [0.15, 0.2) is 0 Å². The lowest BCUT2D eigenvalue weighted by Crippen LogP contribution is -2.41. The predicted octanol–water partition coefficient (Wildman–Crippen LogP) is 2.46. The highest BCUT2D eigenvalue weighted by molar-refractivity contribution is 14.1. The second-order valence-electron chi connectivity index (χ2n) is 5.72. The average Bonchev–Trinajstić information content (AvgIpc) is 2.24. The molecular formula is C13H21IN2O2. The standard InChI is InChI=1S/C13H21IN2O2/c1-5-7-15-9-10(14)11(17)16(12(15)18)8-6-13(2,3)4/h9H,5-8H2,1-4H3. The van der Waals surface area contributed by atoms with E-state index in [1.54, 1.807) is 10.8 Å². The van der Waals surface area contributed by atoms with Crippen molar-refractivity contribution in [2.75, 3.05) is 0 Å². The number of hydrogen-bond acceptors (Lipinski definition) is 2. The van der Waals surface area contributed by atoms with E-state index in [2.05, 4.69) is 20.8 Å². The van der Waals surface area contributed by atoms with E-state index in [9.17, 15) is 9.59 Å². The Morgan fingerprint density at radius 3 is 2.33 bits per heavy atom. The number of nitrogens with zero attached hydrogens (tertiary/aromatic N) is 2. The first-order valence-corrected chi connectivity index (χ1v) is 7.34. The lowest BCUT2D eigenvalue weighted by Gasteiger charge is -2.19. The molecular weight excluding hydrogens is 343 g/mol. The molecule has 18 heavy (non-hydrogen) atoms. The molecule has 0 bridgehead atoms. The van der Waals surface area contributed by atoms with E-state index in [0.717, 1.165) is 12.8 Å². The summed E-state index contributed by atoms with van der Waals surface area (Å²) in [7, 11) is 0. The molecule has 0 spiro atoms. The number of hydrogen-bond donors (Lipinski definition) is 0. The van der Waals surface area contributed by atoms with Crippen molar-refractivity contribution < 1.29 is 0 Å². The smallest absolute Gasteiger partial charge is 0.299 e. The lowest BCUT2D eigenvalue weighted by molar-refractivity contribution is 0.340. The normalized spacial score (nSPS) is 11.8. The van der Waals surface area contributed by atoms with Crippen LogP contribution in [0.25, 0.3) is 0 Å². The van der Waals surface area contributed by atoms with E-state index >= 15 is 0 Å². The minimum absolute atomic E-state index is 0.114. The molecule has 0 fully saturated rings. The topological polar surface area (TPSA) is 44.0 Å². The van der Waals surface area contributed by atoms with Crippen molar-refractivity contribution in [3.8, 4) is 0 Å². The van der Waals surface area contributed by atoms with Gasteiger partial charge in [-0.15, -0.1) is 0 Å². The molecule has 0 amide bonds. The van der Waals surface area contributed by atoms with Gasteiger partial charge in [0, 0.05) is 19.3 Å². The molecule has 102 valence electrons. The van der Waals surface area contributed by atoms with Crippen LogP contribution in [0.4, 0.5) is 0 Å². The molecule has 1 heterocycles. The first kappa shape index (κ1) is 15.5. The van der Waals surface area contributed by atoms with Gasteiger partial charge in [-0.2, -0.15) is 0 Å². The Morgan fingerprint density at radius 1 is 1.22 bits per heavy atom. The van der Waals surface area contributed by atoms with Crippen LogP contribution in [0.2, 0.25) is 0 Å². The largest absolute Gasteiger partial charge is 0.331 e. The summed E-state index contributed by atoms with van der Waals surface area (Å²) in [5.41, 5.74) is -0.244. The van der Waals surface area contributed by atoms with Gasteiger partial charge in [0.25, 0.3) is 5.56 Å². The van der Waals surface area contributed by atoms with Gasteiger partial charge in [0.05, 0.1) is 3.57 Å². The third kappa shape index (κ3) is 3.96. The predicted molar refractivity (Wildman–Crippen MR) is 82.0 cm³/mol. The Kier molecular flexibility index (Phi) is 5.19. The van der Waals surface area contributed by atoms with Gasteiger partial charge in [0.1, 0.15) is 0 Å². The number of aromatic nitrogens is 2. The Bertz CT molecular complexity index is 523. The van der Waals surface area contributed by atoms with Crippen LogP contribution in [0, 0.1) is 8.99 Å². The minimum atomic E-state index is -0.188. The number of halogens is 1. The van der Waals surface area contributed by atoms with Crippen molar-refractivity contribution in [3.05, 3.63) is 30.6 Å². The van der Waals surface area contributed by atoms with Gasteiger partial charge in [-0.05, 0) is 40.8 Å². The van der Waals surface area contributed by atoms with Crippen LogP contribution in [-0.4, -0.2) is 9.13 Å². The van der Waals surface area contributed by atoms with E-state index in [4.69, 9.17) is 0 Å². The summed E-state index contributed by atoms with van der Waals surface area (Å²) in [5.74, 6) is 0. The Balaban J connectivity index is 3.17. The zero-order chi connectivity index (χ0) is 13.9. The second-order valence-corrected chi connectivity index (χ2v) is 6.88. The minimum Gasteiger partial charge on any atom is -0.299 e. The molecule has 5 heteroatoms. The summed E-state index contributed by atoms with van der Waals surface area (Å²) in [6, 6.07) is 0. The molecule has 0 radical (unpaired) electrons. The van der Waals surface area contributed by atoms with Gasteiger partial charge in [0.2, 0.25) is 0 Å². The summed E-state index contributed by atoms with van der Waals surface area (Å²) in [6.07, 6.45) is 3.35. The number of aryl methyl sites for hydroxylation is 1. The van der Waals surface area contributed by atoms with Crippen LogP contribution in [-0.2, 0) is 13.1 Å². The zero-order valence-corrected chi connectivity index (χ0v) is 13.7. The SMILES string of the molecule is CCCn1cc(I)c(=O)n(CCC(C)(C)C)c1=O. The van der Waals surface area contributed by atoms with Crippen molar-refractivity contribution in [2.45, 2.75) is 53.6 Å². The molecule has 0 unspecified atom stereocenters. The van der Waals surface area contributed by atoms with Crippen molar-refractivity contribution in [1.29, 1.82) is 0 Å². The first-order chi connectivity index (χ1) is 8.26. The van der Waals surface area contributed by atoms with E-state index < -0.39 is 0 Å². The van der Waals surface area contributed by atoms with Crippen LogP contribution < -0.4 is 11.2 Å². The summed E-state index contributed by atoms with van der Waals surface area (Å²) >= 11 is 2.00.